The molecule has 0 saturated heterocycles. The number of esters is 1. The summed E-state index contributed by atoms with van der Waals surface area (Å²) in [4.78, 5) is 23.7. The Hall–Kier alpha value is -0.680. The van der Waals surface area contributed by atoms with Crippen LogP contribution in [-0.2, 0) is 19.1 Å². The molecular formula is C16H27BrO4. The van der Waals surface area contributed by atoms with Crippen LogP contribution in [0.5, 0.6) is 0 Å². The molecule has 0 bridgehead atoms. The Bertz CT molecular complexity index is 394. The minimum Gasteiger partial charge on any atom is -0.456 e. The summed E-state index contributed by atoms with van der Waals surface area (Å²) in [6.07, 6.45) is 0.672. The first-order valence-corrected chi connectivity index (χ1v) is 7.93. The smallest absolute Gasteiger partial charge is 0.333 e. The average molecular weight is 363 g/mol. The molecule has 1 atom stereocenters. The molecule has 0 rings (SSSR count). The topological polar surface area (TPSA) is 52.6 Å². The van der Waals surface area contributed by atoms with Crippen molar-refractivity contribution < 1.29 is 19.1 Å². The van der Waals surface area contributed by atoms with Gasteiger partial charge in [0.05, 0.1) is 10.9 Å². The summed E-state index contributed by atoms with van der Waals surface area (Å²) in [6, 6.07) is 0. The minimum absolute atomic E-state index is 0.0155. The molecule has 0 aliphatic rings. The zero-order valence-electron chi connectivity index (χ0n) is 13.9. The van der Waals surface area contributed by atoms with Gasteiger partial charge in [0.25, 0.3) is 0 Å². The second-order valence-corrected chi connectivity index (χ2v) is 8.27. The van der Waals surface area contributed by atoms with Crippen LogP contribution in [0.15, 0.2) is 12.2 Å². The summed E-state index contributed by atoms with van der Waals surface area (Å²) in [5.74, 6) is -0.397. The number of carbonyl (C=O) groups excluding carboxylic acids is 2. The summed E-state index contributed by atoms with van der Waals surface area (Å²) in [6.45, 7) is 14.7. The maximum Gasteiger partial charge on any atom is 0.333 e. The number of alkyl halides is 1. The van der Waals surface area contributed by atoms with E-state index in [1.54, 1.807) is 20.8 Å². The van der Waals surface area contributed by atoms with Crippen molar-refractivity contribution in [3.63, 3.8) is 0 Å². The first kappa shape index (κ1) is 20.3. The van der Waals surface area contributed by atoms with E-state index in [-0.39, 0.29) is 5.78 Å². The van der Waals surface area contributed by atoms with Crippen molar-refractivity contribution in [1.82, 2.24) is 0 Å². The summed E-state index contributed by atoms with van der Waals surface area (Å²) in [5, 5.41) is 0. The lowest BCUT2D eigenvalue weighted by Crippen LogP contribution is -2.38. The van der Waals surface area contributed by atoms with Gasteiger partial charge in [0.1, 0.15) is 11.7 Å². The van der Waals surface area contributed by atoms with E-state index in [4.69, 9.17) is 9.47 Å². The zero-order valence-corrected chi connectivity index (χ0v) is 15.5. The van der Waals surface area contributed by atoms with Crippen molar-refractivity contribution in [3.05, 3.63) is 12.2 Å². The van der Waals surface area contributed by atoms with Gasteiger partial charge in [-0.3, -0.25) is 4.79 Å². The Balaban J connectivity index is 4.42. The highest BCUT2D eigenvalue weighted by Crippen LogP contribution is 2.23. The molecule has 0 radical (unpaired) electrons. The highest BCUT2D eigenvalue weighted by atomic mass is 79.9. The quantitative estimate of drug-likeness (QED) is 0.355. The molecule has 122 valence electrons. The second-order valence-electron chi connectivity index (χ2n) is 6.28. The third kappa shape index (κ3) is 7.77. The Morgan fingerprint density at radius 1 is 1.24 bits per heavy atom. The molecule has 4 nitrogen and oxygen atoms in total. The second kappa shape index (κ2) is 8.08. The summed E-state index contributed by atoms with van der Waals surface area (Å²) < 4.78 is 10.4. The summed E-state index contributed by atoms with van der Waals surface area (Å²) >= 11 is 3.36. The number of ether oxygens (including phenoxy) is 2. The predicted octanol–water partition coefficient (Wildman–Crippen LogP) is 3.81. The van der Waals surface area contributed by atoms with Crippen LogP contribution in [-0.4, -0.2) is 34.4 Å². The van der Waals surface area contributed by atoms with Crippen LogP contribution in [0, 0.1) is 0 Å². The molecule has 1 unspecified atom stereocenters. The van der Waals surface area contributed by atoms with E-state index in [0.29, 0.717) is 25.0 Å². The van der Waals surface area contributed by atoms with Crippen molar-refractivity contribution in [2.45, 2.75) is 70.4 Å². The lowest BCUT2D eigenvalue weighted by atomic mass is 10.0. The molecule has 0 N–H and O–H groups in total. The van der Waals surface area contributed by atoms with E-state index >= 15 is 0 Å². The molecule has 0 aromatic rings. The Labute approximate surface area is 136 Å². The van der Waals surface area contributed by atoms with Gasteiger partial charge in [0.2, 0.25) is 0 Å². The highest BCUT2D eigenvalue weighted by molar-refractivity contribution is 9.10. The van der Waals surface area contributed by atoms with Crippen molar-refractivity contribution in [1.29, 1.82) is 0 Å². The van der Waals surface area contributed by atoms with Gasteiger partial charge in [-0.15, -0.1) is 0 Å². The van der Waals surface area contributed by atoms with E-state index in [1.165, 1.54) is 0 Å². The standard InChI is InChI=1S/C16H27BrO4/c1-8-12(13(18)16(6,7)17)20-10-9-15(4,5)21-14(19)11(2)3/h12H,2,8-10H2,1,3-7H3. The van der Waals surface area contributed by atoms with Gasteiger partial charge in [0.15, 0.2) is 5.78 Å². The molecule has 5 heteroatoms. The highest BCUT2D eigenvalue weighted by Gasteiger charge is 2.31. The molecule has 0 heterocycles. The van der Waals surface area contributed by atoms with Crippen LogP contribution in [0.4, 0.5) is 0 Å². The number of rotatable bonds is 9. The summed E-state index contributed by atoms with van der Waals surface area (Å²) in [7, 11) is 0. The van der Waals surface area contributed by atoms with Gasteiger partial charge in [0, 0.05) is 12.0 Å². The average Bonchev–Trinajstić information content (AvgIpc) is 2.32. The lowest BCUT2D eigenvalue weighted by Gasteiger charge is -2.27. The largest absolute Gasteiger partial charge is 0.456 e. The Morgan fingerprint density at radius 2 is 1.76 bits per heavy atom. The normalized spacial score (nSPS) is 13.7. The van der Waals surface area contributed by atoms with Gasteiger partial charge in [-0.2, -0.15) is 0 Å². The fourth-order valence-corrected chi connectivity index (χ4v) is 1.85. The SMILES string of the molecule is C=C(C)C(=O)OC(C)(C)CCOC(CC)C(=O)C(C)(C)Br. The van der Waals surface area contributed by atoms with Crippen LogP contribution in [0.3, 0.4) is 0 Å². The van der Waals surface area contributed by atoms with Crippen molar-refractivity contribution in [2.24, 2.45) is 0 Å². The lowest BCUT2D eigenvalue weighted by molar-refractivity contribution is -0.154. The number of hydrogen-bond donors (Lipinski definition) is 0. The van der Waals surface area contributed by atoms with Crippen LogP contribution in [0.25, 0.3) is 0 Å². The minimum atomic E-state index is -0.651. The van der Waals surface area contributed by atoms with Crippen molar-refractivity contribution in [2.75, 3.05) is 6.61 Å². The Kier molecular flexibility index (Phi) is 7.82. The molecule has 0 amide bonds. The molecular weight excluding hydrogens is 336 g/mol. The molecule has 0 aliphatic carbocycles. The maximum absolute atomic E-state index is 12.1. The molecule has 0 aromatic carbocycles. The number of ketones is 1. The first-order valence-electron chi connectivity index (χ1n) is 7.14. The number of halogens is 1. The first-order chi connectivity index (χ1) is 9.40. The molecule has 0 fully saturated rings. The fraction of sp³-hybridized carbons (Fsp3) is 0.750. The molecule has 0 saturated carbocycles. The summed E-state index contributed by atoms with van der Waals surface area (Å²) in [5.41, 5.74) is -0.284. The zero-order chi connectivity index (χ0) is 16.8. The number of carbonyl (C=O) groups is 2. The van der Waals surface area contributed by atoms with Gasteiger partial charge in [-0.1, -0.05) is 29.4 Å². The van der Waals surface area contributed by atoms with E-state index in [1.807, 2.05) is 20.8 Å². The predicted molar refractivity (Wildman–Crippen MR) is 87.6 cm³/mol. The molecule has 0 spiro atoms. The van der Waals surface area contributed by atoms with E-state index < -0.39 is 22.0 Å². The molecule has 21 heavy (non-hydrogen) atoms. The molecule has 0 aliphatic heterocycles. The van der Waals surface area contributed by atoms with Crippen LogP contribution < -0.4 is 0 Å². The Morgan fingerprint density at radius 3 is 2.14 bits per heavy atom. The molecule has 0 aromatic heterocycles. The van der Waals surface area contributed by atoms with Crippen LogP contribution in [0.1, 0.15) is 54.4 Å². The monoisotopic (exact) mass is 362 g/mol. The van der Waals surface area contributed by atoms with E-state index in [9.17, 15) is 9.59 Å². The van der Waals surface area contributed by atoms with Crippen molar-refractivity contribution in [3.8, 4) is 0 Å². The third-order valence-electron chi connectivity index (χ3n) is 2.99. The fourth-order valence-electron chi connectivity index (χ4n) is 1.60. The van der Waals surface area contributed by atoms with Gasteiger partial charge in [-0.05, 0) is 41.0 Å². The van der Waals surface area contributed by atoms with Crippen molar-refractivity contribution >= 4 is 27.7 Å². The van der Waals surface area contributed by atoms with Gasteiger partial charge in [-0.25, -0.2) is 4.79 Å². The van der Waals surface area contributed by atoms with Gasteiger partial charge >= 0.3 is 5.97 Å². The van der Waals surface area contributed by atoms with E-state index in [0.717, 1.165) is 0 Å². The number of hydrogen-bond acceptors (Lipinski definition) is 4. The number of Topliss-reactive ketones (excluding diaryl/α,β-unsaturated/α-hetero) is 1. The van der Waals surface area contributed by atoms with E-state index in [2.05, 4.69) is 22.5 Å². The maximum atomic E-state index is 12.1. The third-order valence-corrected chi connectivity index (χ3v) is 3.38. The van der Waals surface area contributed by atoms with Gasteiger partial charge < -0.3 is 9.47 Å². The van der Waals surface area contributed by atoms with Crippen LogP contribution in [0.2, 0.25) is 0 Å². The van der Waals surface area contributed by atoms with Crippen LogP contribution >= 0.6 is 15.9 Å².